The minimum atomic E-state index is -0.825. The van der Waals surface area contributed by atoms with Crippen molar-refractivity contribution in [2.45, 2.75) is 13.3 Å². The maximum absolute atomic E-state index is 12.1. The highest BCUT2D eigenvalue weighted by Gasteiger charge is 2.32. The summed E-state index contributed by atoms with van der Waals surface area (Å²) in [5, 5.41) is 9.76. The Labute approximate surface area is 147 Å². The number of aliphatic hydroxyl groups excluding tert-OH is 1. The summed E-state index contributed by atoms with van der Waals surface area (Å²) in [5.74, 6) is -0.942. The maximum atomic E-state index is 12.1. The molecule has 0 aliphatic rings. The molecule has 2 aromatic rings. The number of aliphatic hydroxyl groups is 1. The molecule has 0 fully saturated rings. The van der Waals surface area contributed by atoms with Gasteiger partial charge in [0.25, 0.3) is 0 Å². The van der Waals surface area contributed by atoms with Crippen molar-refractivity contribution < 1.29 is 24.2 Å². The predicted molar refractivity (Wildman–Crippen MR) is 93.3 cm³/mol. The van der Waals surface area contributed by atoms with Crippen molar-refractivity contribution >= 4 is 11.9 Å². The standard InChI is InChI=1S/C20H22O5/c1-2-20(13-21,14-24-18(22)16-9-5-3-6-10-16)15-25-19(23)17-11-7-4-8-12-17/h3-12,21H,2,13-15H2,1H3. The van der Waals surface area contributed by atoms with Crippen LogP contribution < -0.4 is 0 Å². The van der Waals surface area contributed by atoms with Gasteiger partial charge in [0, 0.05) is 0 Å². The van der Waals surface area contributed by atoms with Gasteiger partial charge >= 0.3 is 11.9 Å². The van der Waals surface area contributed by atoms with E-state index >= 15 is 0 Å². The first-order valence-corrected chi connectivity index (χ1v) is 8.15. The highest BCUT2D eigenvalue weighted by atomic mass is 16.5. The van der Waals surface area contributed by atoms with E-state index in [9.17, 15) is 14.7 Å². The number of ether oxygens (including phenoxy) is 2. The maximum Gasteiger partial charge on any atom is 0.338 e. The first kappa shape index (κ1) is 18.7. The molecule has 25 heavy (non-hydrogen) atoms. The van der Waals surface area contributed by atoms with Crippen LogP contribution in [-0.4, -0.2) is 36.9 Å². The van der Waals surface area contributed by atoms with Gasteiger partial charge < -0.3 is 14.6 Å². The highest BCUT2D eigenvalue weighted by molar-refractivity contribution is 5.89. The molecule has 0 amide bonds. The molecule has 0 aromatic heterocycles. The minimum absolute atomic E-state index is 0.0319. The van der Waals surface area contributed by atoms with Crippen molar-refractivity contribution in [2.24, 2.45) is 5.41 Å². The molecule has 0 radical (unpaired) electrons. The monoisotopic (exact) mass is 342 g/mol. The zero-order chi connectivity index (χ0) is 18.1. The molecule has 132 valence electrons. The van der Waals surface area contributed by atoms with E-state index < -0.39 is 17.4 Å². The summed E-state index contributed by atoms with van der Waals surface area (Å²) >= 11 is 0. The van der Waals surface area contributed by atoms with Crippen molar-refractivity contribution in [1.82, 2.24) is 0 Å². The average Bonchev–Trinajstić information content (AvgIpc) is 2.69. The highest BCUT2D eigenvalue weighted by Crippen LogP contribution is 2.23. The van der Waals surface area contributed by atoms with Gasteiger partial charge in [0.15, 0.2) is 0 Å². The van der Waals surface area contributed by atoms with Crippen LogP contribution >= 0.6 is 0 Å². The molecular formula is C20H22O5. The number of benzene rings is 2. The quantitative estimate of drug-likeness (QED) is 0.746. The second-order valence-electron chi connectivity index (χ2n) is 5.90. The summed E-state index contributed by atoms with van der Waals surface area (Å²) in [5.41, 5.74) is 0.0490. The van der Waals surface area contributed by atoms with Gasteiger partial charge in [-0.05, 0) is 30.7 Å². The van der Waals surface area contributed by atoms with Crippen LogP contribution in [0.15, 0.2) is 60.7 Å². The summed E-state index contributed by atoms with van der Waals surface area (Å²) < 4.78 is 10.6. The number of carbonyl (C=O) groups is 2. The van der Waals surface area contributed by atoms with Crippen LogP contribution in [0.4, 0.5) is 0 Å². The van der Waals surface area contributed by atoms with Gasteiger partial charge in [-0.2, -0.15) is 0 Å². The summed E-state index contributed by atoms with van der Waals surface area (Å²) in [6.45, 7) is 1.53. The van der Waals surface area contributed by atoms with Crippen LogP contribution in [-0.2, 0) is 9.47 Å². The number of hydrogen-bond acceptors (Lipinski definition) is 5. The largest absolute Gasteiger partial charge is 0.461 e. The van der Waals surface area contributed by atoms with E-state index in [0.717, 1.165) is 0 Å². The van der Waals surface area contributed by atoms with Crippen LogP contribution in [0, 0.1) is 5.41 Å². The number of rotatable bonds is 8. The SMILES string of the molecule is CCC(CO)(COC(=O)c1ccccc1)COC(=O)c1ccccc1. The van der Waals surface area contributed by atoms with Crippen molar-refractivity contribution in [3.8, 4) is 0 Å². The van der Waals surface area contributed by atoms with E-state index in [4.69, 9.17) is 9.47 Å². The summed E-state index contributed by atoms with van der Waals surface area (Å²) in [6.07, 6.45) is 0.494. The van der Waals surface area contributed by atoms with Gasteiger partial charge in [-0.25, -0.2) is 9.59 Å². The van der Waals surface area contributed by atoms with Gasteiger partial charge in [0.1, 0.15) is 13.2 Å². The molecule has 5 nitrogen and oxygen atoms in total. The van der Waals surface area contributed by atoms with E-state index in [0.29, 0.717) is 17.5 Å². The molecule has 0 spiro atoms. The fourth-order valence-corrected chi connectivity index (χ4v) is 2.20. The van der Waals surface area contributed by atoms with E-state index in [1.54, 1.807) is 48.5 Å². The van der Waals surface area contributed by atoms with E-state index in [1.807, 2.05) is 19.1 Å². The Morgan fingerprint density at radius 2 is 1.24 bits per heavy atom. The second-order valence-corrected chi connectivity index (χ2v) is 5.90. The van der Waals surface area contributed by atoms with E-state index in [-0.39, 0.29) is 19.8 Å². The summed E-state index contributed by atoms with van der Waals surface area (Å²) in [4.78, 5) is 24.1. The van der Waals surface area contributed by atoms with Crippen molar-refractivity contribution in [3.05, 3.63) is 71.8 Å². The van der Waals surface area contributed by atoms with E-state index in [2.05, 4.69) is 0 Å². The molecule has 2 aromatic carbocycles. The molecule has 0 bridgehead atoms. The molecule has 2 rings (SSSR count). The Kier molecular flexibility index (Phi) is 6.71. The smallest absolute Gasteiger partial charge is 0.338 e. The van der Waals surface area contributed by atoms with Crippen molar-refractivity contribution in [3.63, 3.8) is 0 Å². The Morgan fingerprint density at radius 3 is 1.56 bits per heavy atom. The Morgan fingerprint density at radius 1 is 0.840 bits per heavy atom. The third kappa shape index (κ3) is 5.16. The van der Waals surface area contributed by atoms with E-state index in [1.165, 1.54) is 0 Å². The zero-order valence-electron chi connectivity index (χ0n) is 14.2. The topological polar surface area (TPSA) is 72.8 Å². The molecule has 5 heteroatoms. The fraction of sp³-hybridized carbons (Fsp3) is 0.300. The van der Waals surface area contributed by atoms with Crippen LogP contribution in [0.2, 0.25) is 0 Å². The van der Waals surface area contributed by atoms with Gasteiger partial charge in [0.2, 0.25) is 0 Å². The molecule has 0 heterocycles. The first-order chi connectivity index (χ1) is 12.1. The summed E-state index contributed by atoms with van der Waals surface area (Å²) in [6, 6.07) is 17.2. The lowest BCUT2D eigenvalue weighted by molar-refractivity contribution is -0.0294. The predicted octanol–water partition coefficient (Wildman–Crippen LogP) is 3.09. The number of carbonyl (C=O) groups excluding carboxylic acids is 2. The molecule has 0 atom stereocenters. The third-order valence-corrected chi connectivity index (χ3v) is 4.12. The lowest BCUT2D eigenvalue weighted by Gasteiger charge is -2.29. The fourth-order valence-electron chi connectivity index (χ4n) is 2.20. The Bertz CT molecular complexity index is 620. The normalized spacial score (nSPS) is 11.0. The first-order valence-electron chi connectivity index (χ1n) is 8.15. The van der Waals surface area contributed by atoms with Crippen LogP contribution in [0.25, 0.3) is 0 Å². The third-order valence-electron chi connectivity index (χ3n) is 4.12. The second kappa shape index (κ2) is 8.99. The van der Waals surface area contributed by atoms with Gasteiger partial charge in [-0.15, -0.1) is 0 Å². The minimum Gasteiger partial charge on any atom is -0.461 e. The lowest BCUT2D eigenvalue weighted by Crippen LogP contribution is -2.37. The molecular weight excluding hydrogens is 320 g/mol. The Balaban J connectivity index is 1.95. The van der Waals surface area contributed by atoms with Crippen LogP contribution in [0.1, 0.15) is 34.1 Å². The molecule has 0 aliphatic carbocycles. The number of esters is 2. The van der Waals surface area contributed by atoms with Gasteiger partial charge in [0.05, 0.1) is 23.1 Å². The van der Waals surface area contributed by atoms with Gasteiger partial charge in [-0.3, -0.25) is 0 Å². The Hall–Kier alpha value is -2.66. The zero-order valence-corrected chi connectivity index (χ0v) is 14.2. The molecule has 0 unspecified atom stereocenters. The average molecular weight is 342 g/mol. The van der Waals surface area contributed by atoms with Crippen molar-refractivity contribution in [2.75, 3.05) is 19.8 Å². The molecule has 0 saturated carbocycles. The molecule has 0 aliphatic heterocycles. The van der Waals surface area contributed by atoms with Crippen LogP contribution in [0.5, 0.6) is 0 Å². The lowest BCUT2D eigenvalue weighted by atomic mass is 9.88. The molecule has 0 saturated heterocycles. The van der Waals surface area contributed by atoms with Crippen molar-refractivity contribution in [1.29, 1.82) is 0 Å². The molecule has 1 N–H and O–H groups in total. The van der Waals surface area contributed by atoms with Gasteiger partial charge in [-0.1, -0.05) is 43.3 Å². The number of hydrogen-bond donors (Lipinski definition) is 1. The van der Waals surface area contributed by atoms with Crippen LogP contribution in [0.3, 0.4) is 0 Å². The summed E-state index contributed by atoms with van der Waals surface area (Å²) in [7, 11) is 0.